The van der Waals surface area contributed by atoms with Crippen LogP contribution in [0.15, 0.2) is 43.0 Å². The summed E-state index contributed by atoms with van der Waals surface area (Å²) in [6.07, 6.45) is 4.20. The summed E-state index contributed by atoms with van der Waals surface area (Å²) in [6, 6.07) is 12.1. The number of rotatable bonds is 2. The number of carbonyl (C=O) groups is 1. The predicted molar refractivity (Wildman–Crippen MR) is 88.3 cm³/mol. The van der Waals surface area contributed by atoms with Crippen molar-refractivity contribution in [1.82, 2.24) is 4.90 Å². The Kier molecular flexibility index (Phi) is 3.78. The molecule has 1 aliphatic rings. The monoisotopic (exact) mass is 279 g/mol. The van der Waals surface area contributed by atoms with Gasteiger partial charge in [-0.15, -0.1) is 0 Å². The highest BCUT2D eigenvalue weighted by Crippen LogP contribution is 2.23. The molecule has 2 heteroatoms. The Balaban J connectivity index is 1.93. The minimum absolute atomic E-state index is 0.160. The molecule has 1 atom stereocenters. The third-order valence-corrected chi connectivity index (χ3v) is 4.33. The average molecular weight is 279 g/mol. The van der Waals surface area contributed by atoms with Gasteiger partial charge in [-0.1, -0.05) is 43.8 Å². The molecule has 0 saturated carbocycles. The van der Waals surface area contributed by atoms with Crippen molar-refractivity contribution in [3.63, 3.8) is 0 Å². The van der Waals surface area contributed by atoms with E-state index in [-0.39, 0.29) is 5.91 Å². The molecule has 1 fully saturated rings. The molecule has 2 nitrogen and oxygen atoms in total. The van der Waals surface area contributed by atoms with Gasteiger partial charge in [-0.3, -0.25) is 4.79 Å². The Bertz CT molecular complexity index is 689. The van der Waals surface area contributed by atoms with Gasteiger partial charge in [0.05, 0.1) is 0 Å². The molecule has 0 aliphatic carbocycles. The zero-order valence-electron chi connectivity index (χ0n) is 12.5. The fourth-order valence-corrected chi connectivity index (χ4v) is 3.18. The maximum absolute atomic E-state index is 12.6. The van der Waals surface area contributed by atoms with E-state index < -0.39 is 0 Å². The first kappa shape index (κ1) is 13.9. The number of likely N-dealkylation sites (tertiary alicyclic amines) is 1. The molecule has 2 aromatic rings. The van der Waals surface area contributed by atoms with Crippen molar-refractivity contribution in [2.75, 3.05) is 13.1 Å². The van der Waals surface area contributed by atoms with Crippen molar-refractivity contribution >= 4 is 22.8 Å². The summed E-state index contributed by atoms with van der Waals surface area (Å²) in [5, 5.41) is 2.25. The molecule has 21 heavy (non-hydrogen) atoms. The van der Waals surface area contributed by atoms with Crippen LogP contribution >= 0.6 is 0 Å². The maximum atomic E-state index is 12.6. The van der Waals surface area contributed by atoms with Gasteiger partial charge in [0.15, 0.2) is 0 Å². The maximum Gasteiger partial charge on any atom is 0.253 e. The Labute approximate surface area is 126 Å². The minimum Gasteiger partial charge on any atom is -0.338 e. The number of benzene rings is 2. The fraction of sp³-hybridized carbons (Fsp3) is 0.316. The number of carbonyl (C=O) groups excluding carboxylic acids is 1. The highest BCUT2D eigenvalue weighted by atomic mass is 16.2. The van der Waals surface area contributed by atoms with Crippen molar-refractivity contribution in [3.8, 4) is 0 Å². The average Bonchev–Trinajstić information content (AvgIpc) is 2.53. The molecule has 0 N–H and O–H groups in total. The standard InChI is InChI=1S/C19H21NO/c1-3-15-7-4-8-16-12-17(9-10-18(15)16)19(21)20-11-5-6-14(2)13-20/h3-4,7-10,12,14H,1,5-6,11,13H2,2H3. The second-order valence-corrected chi connectivity index (χ2v) is 5.99. The van der Waals surface area contributed by atoms with Crippen LogP contribution in [-0.4, -0.2) is 23.9 Å². The number of nitrogens with zero attached hydrogens (tertiary/aromatic N) is 1. The summed E-state index contributed by atoms with van der Waals surface area (Å²) in [5.41, 5.74) is 1.90. The highest BCUT2D eigenvalue weighted by molar-refractivity contribution is 6.00. The Morgan fingerprint density at radius 2 is 2.19 bits per heavy atom. The molecule has 1 heterocycles. The van der Waals surface area contributed by atoms with Gasteiger partial charge in [0, 0.05) is 18.7 Å². The topological polar surface area (TPSA) is 20.3 Å². The lowest BCUT2D eigenvalue weighted by atomic mass is 9.98. The smallest absolute Gasteiger partial charge is 0.253 e. The van der Waals surface area contributed by atoms with Crippen molar-refractivity contribution < 1.29 is 4.79 Å². The molecular formula is C19H21NO. The fourth-order valence-electron chi connectivity index (χ4n) is 3.18. The van der Waals surface area contributed by atoms with E-state index in [1.165, 1.54) is 6.42 Å². The van der Waals surface area contributed by atoms with Gasteiger partial charge in [-0.05, 0) is 47.2 Å². The van der Waals surface area contributed by atoms with Crippen molar-refractivity contribution in [2.24, 2.45) is 5.92 Å². The molecule has 3 rings (SSSR count). The lowest BCUT2D eigenvalue weighted by molar-refractivity contribution is 0.0683. The van der Waals surface area contributed by atoms with Crippen LogP contribution in [0.2, 0.25) is 0 Å². The Morgan fingerprint density at radius 3 is 2.95 bits per heavy atom. The summed E-state index contributed by atoms with van der Waals surface area (Å²) in [5.74, 6) is 0.767. The van der Waals surface area contributed by atoms with Crippen molar-refractivity contribution in [1.29, 1.82) is 0 Å². The van der Waals surface area contributed by atoms with E-state index in [2.05, 4.69) is 19.6 Å². The van der Waals surface area contributed by atoms with Crippen LogP contribution in [0, 0.1) is 5.92 Å². The molecule has 0 bridgehead atoms. The van der Waals surface area contributed by atoms with Crippen LogP contribution < -0.4 is 0 Å². The zero-order chi connectivity index (χ0) is 14.8. The zero-order valence-corrected chi connectivity index (χ0v) is 12.5. The quantitative estimate of drug-likeness (QED) is 0.800. The van der Waals surface area contributed by atoms with Gasteiger partial charge in [0.2, 0.25) is 0 Å². The van der Waals surface area contributed by atoms with Crippen LogP contribution in [0.5, 0.6) is 0 Å². The lowest BCUT2D eigenvalue weighted by Crippen LogP contribution is -2.39. The van der Waals surface area contributed by atoms with E-state index in [1.54, 1.807) is 0 Å². The Morgan fingerprint density at radius 1 is 1.33 bits per heavy atom. The van der Waals surface area contributed by atoms with E-state index in [1.807, 2.05) is 41.3 Å². The highest BCUT2D eigenvalue weighted by Gasteiger charge is 2.22. The first-order valence-electron chi connectivity index (χ1n) is 7.63. The van der Waals surface area contributed by atoms with Crippen LogP contribution in [0.1, 0.15) is 35.7 Å². The molecule has 1 saturated heterocycles. The van der Waals surface area contributed by atoms with E-state index in [0.29, 0.717) is 5.92 Å². The van der Waals surface area contributed by atoms with Gasteiger partial charge >= 0.3 is 0 Å². The number of hydrogen-bond acceptors (Lipinski definition) is 1. The SMILES string of the molecule is C=Cc1cccc2cc(C(=O)N3CCCC(C)C3)ccc12. The molecule has 1 amide bonds. The lowest BCUT2D eigenvalue weighted by Gasteiger charge is -2.31. The normalized spacial score (nSPS) is 18.7. The summed E-state index contributed by atoms with van der Waals surface area (Å²) in [6.45, 7) is 7.83. The molecule has 108 valence electrons. The van der Waals surface area contributed by atoms with Crippen LogP contribution in [0.25, 0.3) is 16.8 Å². The van der Waals surface area contributed by atoms with Crippen molar-refractivity contribution in [2.45, 2.75) is 19.8 Å². The molecular weight excluding hydrogens is 258 g/mol. The first-order valence-corrected chi connectivity index (χ1v) is 7.63. The van der Waals surface area contributed by atoms with Gasteiger partial charge in [0.25, 0.3) is 5.91 Å². The molecule has 0 radical (unpaired) electrons. The summed E-state index contributed by atoms with van der Waals surface area (Å²) in [4.78, 5) is 14.6. The molecule has 0 aromatic heterocycles. The Hall–Kier alpha value is -2.09. The van der Waals surface area contributed by atoms with Gasteiger partial charge < -0.3 is 4.90 Å². The second kappa shape index (κ2) is 5.72. The summed E-state index contributed by atoms with van der Waals surface area (Å²) >= 11 is 0. The third-order valence-electron chi connectivity index (χ3n) is 4.33. The van der Waals surface area contributed by atoms with Gasteiger partial charge in [-0.2, -0.15) is 0 Å². The van der Waals surface area contributed by atoms with Gasteiger partial charge in [-0.25, -0.2) is 0 Å². The second-order valence-electron chi connectivity index (χ2n) is 5.99. The van der Waals surface area contributed by atoms with E-state index in [9.17, 15) is 4.79 Å². The summed E-state index contributed by atoms with van der Waals surface area (Å²) < 4.78 is 0. The van der Waals surface area contributed by atoms with Crippen LogP contribution in [0.3, 0.4) is 0 Å². The number of fused-ring (bicyclic) bond motifs is 1. The van der Waals surface area contributed by atoms with Gasteiger partial charge in [0.1, 0.15) is 0 Å². The number of piperidine rings is 1. The molecule has 1 aliphatic heterocycles. The van der Waals surface area contributed by atoms with E-state index in [0.717, 1.165) is 41.4 Å². The first-order chi connectivity index (χ1) is 10.2. The molecule has 1 unspecified atom stereocenters. The third kappa shape index (κ3) is 2.71. The number of amides is 1. The van der Waals surface area contributed by atoms with Crippen LogP contribution in [-0.2, 0) is 0 Å². The molecule has 2 aromatic carbocycles. The van der Waals surface area contributed by atoms with E-state index in [4.69, 9.17) is 0 Å². The minimum atomic E-state index is 0.160. The largest absolute Gasteiger partial charge is 0.338 e. The van der Waals surface area contributed by atoms with Crippen LogP contribution in [0.4, 0.5) is 0 Å². The summed E-state index contributed by atoms with van der Waals surface area (Å²) in [7, 11) is 0. The van der Waals surface area contributed by atoms with E-state index >= 15 is 0 Å². The van der Waals surface area contributed by atoms with Crippen molar-refractivity contribution in [3.05, 3.63) is 54.1 Å². The number of hydrogen-bond donors (Lipinski definition) is 0. The predicted octanol–water partition coefficient (Wildman–Crippen LogP) is 4.35. The molecule has 0 spiro atoms.